The monoisotopic (exact) mass is 504 g/mol. The Morgan fingerprint density at radius 1 is 0.946 bits per heavy atom. The largest absolute Gasteiger partial charge is 0.485 e. The molecule has 3 aromatic rings. The summed E-state index contributed by atoms with van der Waals surface area (Å²) >= 11 is 0. The normalized spacial score (nSPS) is 12.3. The SMILES string of the molecule is Cc1ccc2c(c1)N=C(c1ccc(-c3ccc(OCCOCCOCCNC(=O)CN)nc3)cc1)CO2. The number of aliphatic imine (C=N–C) groups is 1. The van der Waals surface area contributed by atoms with Crippen LogP contribution < -0.4 is 20.5 Å². The highest BCUT2D eigenvalue weighted by atomic mass is 16.5. The Balaban J connectivity index is 1.18. The molecule has 0 saturated carbocycles. The molecule has 3 N–H and O–H groups in total. The Bertz CT molecular complexity index is 1200. The molecule has 9 heteroatoms. The number of nitrogens with one attached hydrogen (secondary N) is 1. The molecule has 1 aliphatic heterocycles. The number of fused-ring (bicyclic) bond motifs is 1. The van der Waals surface area contributed by atoms with Crippen molar-refractivity contribution in [1.29, 1.82) is 0 Å². The van der Waals surface area contributed by atoms with E-state index in [1.54, 1.807) is 6.20 Å². The number of pyridine rings is 1. The fourth-order valence-electron chi connectivity index (χ4n) is 3.66. The number of hydrogen-bond donors (Lipinski definition) is 2. The van der Waals surface area contributed by atoms with E-state index in [0.29, 0.717) is 52.1 Å². The van der Waals surface area contributed by atoms with Gasteiger partial charge in [-0.1, -0.05) is 30.3 Å². The smallest absolute Gasteiger partial charge is 0.233 e. The third-order valence-corrected chi connectivity index (χ3v) is 5.63. The van der Waals surface area contributed by atoms with Gasteiger partial charge in [0.25, 0.3) is 0 Å². The van der Waals surface area contributed by atoms with Crippen LogP contribution in [0.1, 0.15) is 11.1 Å². The highest BCUT2D eigenvalue weighted by molar-refractivity contribution is 6.04. The topological polar surface area (TPSA) is 117 Å². The van der Waals surface area contributed by atoms with E-state index in [2.05, 4.69) is 34.6 Å². The molecule has 2 heterocycles. The van der Waals surface area contributed by atoms with Gasteiger partial charge in [-0.2, -0.15) is 0 Å². The maximum Gasteiger partial charge on any atom is 0.233 e. The number of carbonyl (C=O) groups is 1. The molecule has 0 unspecified atom stereocenters. The summed E-state index contributed by atoms with van der Waals surface area (Å²) in [7, 11) is 0. The van der Waals surface area contributed by atoms with E-state index in [1.807, 2.05) is 37.3 Å². The van der Waals surface area contributed by atoms with Gasteiger partial charge in [-0.3, -0.25) is 4.79 Å². The number of nitrogens with zero attached hydrogens (tertiary/aromatic N) is 2. The van der Waals surface area contributed by atoms with Crippen LogP contribution in [0.3, 0.4) is 0 Å². The fourth-order valence-corrected chi connectivity index (χ4v) is 3.66. The summed E-state index contributed by atoms with van der Waals surface area (Å²) < 4.78 is 22.4. The maximum absolute atomic E-state index is 11.0. The molecule has 4 rings (SSSR count). The molecule has 0 fully saturated rings. The van der Waals surface area contributed by atoms with Crippen molar-refractivity contribution in [1.82, 2.24) is 10.3 Å². The molecule has 1 aromatic heterocycles. The van der Waals surface area contributed by atoms with Crippen LogP contribution in [0.2, 0.25) is 0 Å². The van der Waals surface area contributed by atoms with Crippen molar-refractivity contribution < 1.29 is 23.7 Å². The minimum absolute atomic E-state index is 0.0174. The summed E-state index contributed by atoms with van der Waals surface area (Å²) in [5.41, 5.74) is 11.2. The predicted molar refractivity (Wildman–Crippen MR) is 142 cm³/mol. The molecule has 1 amide bonds. The van der Waals surface area contributed by atoms with Gasteiger partial charge in [0.05, 0.1) is 38.7 Å². The van der Waals surface area contributed by atoms with Crippen molar-refractivity contribution in [3.05, 3.63) is 71.9 Å². The third-order valence-electron chi connectivity index (χ3n) is 5.63. The highest BCUT2D eigenvalue weighted by Crippen LogP contribution is 2.32. The van der Waals surface area contributed by atoms with Crippen LogP contribution in [-0.4, -0.2) is 69.3 Å². The van der Waals surface area contributed by atoms with E-state index < -0.39 is 0 Å². The first-order valence-electron chi connectivity index (χ1n) is 12.3. The molecule has 9 nitrogen and oxygen atoms in total. The van der Waals surface area contributed by atoms with Crippen LogP contribution in [0.15, 0.2) is 65.8 Å². The third kappa shape index (κ3) is 7.85. The Morgan fingerprint density at radius 2 is 1.68 bits per heavy atom. The van der Waals surface area contributed by atoms with Gasteiger partial charge in [0.2, 0.25) is 11.8 Å². The lowest BCUT2D eigenvalue weighted by Gasteiger charge is -2.17. The van der Waals surface area contributed by atoms with E-state index in [4.69, 9.17) is 29.7 Å². The second-order valence-electron chi connectivity index (χ2n) is 8.41. The summed E-state index contributed by atoms with van der Waals surface area (Å²) in [6, 6.07) is 18.1. The molecular formula is C28H32N4O5. The van der Waals surface area contributed by atoms with Crippen LogP contribution in [-0.2, 0) is 14.3 Å². The Labute approximate surface area is 216 Å². The zero-order valence-corrected chi connectivity index (χ0v) is 20.9. The van der Waals surface area contributed by atoms with Crippen LogP contribution in [0.4, 0.5) is 5.69 Å². The lowest BCUT2D eigenvalue weighted by atomic mass is 10.0. The van der Waals surface area contributed by atoms with Gasteiger partial charge in [-0.05, 0) is 41.8 Å². The van der Waals surface area contributed by atoms with Crippen LogP contribution >= 0.6 is 0 Å². The maximum atomic E-state index is 11.0. The van der Waals surface area contributed by atoms with E-state index in [-0.39, 0.29) is 12.5 Å². The molecule has 0 spiro atoms. The number of amides is 1. The average Bonchev–Trinajstić information content (AvgIpc) is 2.94. The Hall–Kier alpha value is -3.79. The number of carbonyl (C=O) groups excluding carboxylic acids is 1. The fraction of sp³-hybridized carbons (Fsp3) is 0.321. The molecule has 0 bridgehead atoms. The van der Waals surface area contributed by atoms with E-state index in [1.165, 1.54) is 0 Å². The number of aryl methyl sites for hydroxylation is 1. The van der Waals surface area contributed by atoms with Crippen LogP contribution in [0.25, 0.3) is 11.1 Å². The minimum atomic E-state index is -0.195. The Morgan fingerprint density at radius 3 is 2.43 bits per heavy atom. The zero-order valence-electron chi connectivity index (χ0n) is 20.9. The summed E-state index contributed by atoms with van der Waals surface area (Å²) in [4.78, 5) is 20.2. The van der Waals surface area contributed by atoms with Gasteiger partial charge in [-0.25, -0.2) is 9.98 Å². The quantitative estimate of drug-likeness (QED) is 0.344. The molecule has 0 atom stereocenters. The molecular weight excluding hydrogens is 472 g/mol. The first kappa shape index (κ1) is 26.3. The van der Waals surface area contributed by atoms with Gasteiger partial charge < -0.3 is 30.0 Å². The van der Waals surface area contributed by atoms with E-state index in [9.17, 15) is 4.79 Å². The molecule has 1 aliphatic rings. The number of benzene rings is 2. The molecule has 0 aliphatic carbocycles. The van der Waals surface area contributed by atoms with Gasteiger partial charge in [0.1, 0.15) is 24.7 Å². The predicted octanol–water partition coefficient (Wildman–Crippen LogP) is 3.06. The Kier molecular flexibility index (Phi) is 9.59. The molecule has 194 valence electrons. The summed E-state index contributed by atoms with van der Waals surface area (Å²) in [5, 5.41) is 2.63. The number of hydrogen-bond acceptors (Lipinski definition) is 8. The number of rotatable bonds is 13. The van der Waals surface area contributed by atoms with Crippen LogP contribution in [0.5, 0.6) is 11.6 Å². The summed E-state index contributed by atoms with van der Waals surface area (Å²) in [5.74, 6) is 1.17. The number of aromatic nitrogens is 1. The average molecular weight is 505 g/mol. The van der Waals surface area contributed by atoms with Gasteiger partial charge in [0.15, 0.2) is 0 Å². The standard InChI is InChI=1S/C28H32N4O5/c1-20-2-8-26-24(16-20)32-25(19-37-26)22-5-3-21(4-6-22)23-7-9-28(31-18-23)36-15-14-35-13-12-34-11-10-30-27(33)17-29/h2-9,16,18H,10-15,17,19,29H2,1H3,(H,30,33). The zero-order chi connectivity index (χ0) is 25.9. The molecule has 2 aromatic carbocycles. The lowest BCUT2D eigenvalue weighted by Crippen LogP contribution is -2.32. The van der Waals surface area contributed by atoms with Gasteiger partial charge in [-0.15, -0.1) is 0 Å². The second-order valence-corrected chi connectivity index (χ2v) is 8.41. The summed E-state index contributed by atoms with van der Waals surface area (Å²) in [6.45, 7) is 5.04. The molecule has 0 saturated heterocycles. The molecule has 0 radical (unpaired) electrons. The van der Waals surface area contributed by atoms with Crippen molar-refractivity contribution in [2.45, 2.75) is 6.92 Å². The minimum Gasteiger partial charge on any atom is -0.485 e. The first-order chi connectivity index (χ1) is 18.1. The summed E-state index contributed by atoms with van der Waals surface area (Å²) in [6.07, 6.45) is 1.79. The van der Waals surface area contributed by atoms with Crippen molar-refractivity contribution in [2.75, 3.05) is 52.7 Å². The van der Waals surface area contributed by atoms with Crippen molar-refractivity contribution >= 4 is 17.3 Å². The first-order valence-corrected chi connectivity index (χ1v) is 12.3. The van der Waals surface area contributed by atoms with Crippen molar-refractivity contribution in [3.8, 4) is 22.8 Å². The van der Waals surface area contributed by atoms with Crippen molar-refractivity contribution in [2.24, 2.45) is 10.7 Å². The lowest BCUT2D eigenvalue weighted by molar-refractivity contribution is -0.120. The number of nitrogens with two attached hydrogens (primary N) is 1. The van der Waals surface area contributed by atoms with Crippen LogP contribution in [0, 0.1) is 6.92 Å². The molecule has 37 heavy (non-hydrogen) atoms. The van der Waals surface area contributed by atoms with E-state index in [0.717, 1.165) is 39.4 Å². The number of ether oxygens (including phenoxy) is 4. The van der Waals surface area contributed by atoms with Gasteiger partial charge >= 0.3 is 0 Å². The van der Waals surface area contributed by atoms with Crippen molar-refractivity contribution in [3.63, 3.8) is 0 Å². The second kappa shape index (κ2) is 13.5. The van der Waals surface area contributed by atoms with E-state index >= 15 is 0 Å². The highest BCUT2D eigenvalue weighted by Gasteiger charge is 2.15. The van der Waals surface area contributed by atoms with Gasteiger partial charge in [0, 0.05) is 24.4 Å².